The highest BCUT2D eigenvalue weighted by Crippen LogP contribution is 2.29. The summed E-state index contributed by atoms with van der Waals surface area (Å²) in [7, 11) is 1.66. The van der Waals surface area contributed by atoms with E-state index >= 15 is 0 Å². The Morgan fingerprint density at radius 2 is 1.90 bits per heavy atom. The van der Waals surface area contributed by atoms with E-state index in [1.54, 1.807) is 13.3 Å². The Balaban J connectivity index is 2.02. The molecule has 0 fully saturated rings. The molecule has 3 aromatic rings. The van der Waals surface area contributed by atoms with Gasteiger partial charge in [-0.25, -0.2) is 0 Å². The monoisotopic (exact) mass is 276 g/mol. The number of nitrogens with zero attached hydrogens (tertiary/aromatic N) is 1. The van der Waals surface area contributed by atoms with Crippen LogP contribution in [0, 0.1) is 0 Å². The second-order valence-corrected chi connectivity index (χ2v) is 4.72. The zero-order valence-corrected chi connectivity index (χ0v) is 11.8. The summed E-state index contributed by atoms with van der Waals surface area (Å²) in [6.07, 6.45) is 1.78. The average molecular weight is 276 g/mol. The summed E-state index contributed by atoms with van der Waals surface area (Å²) in [5.41, 5.74) is 3.66. The highest BCUT2D eigenvalue weighted by molar-refractivity contribution is 5.95. The fraction of sp³-hybridized carbons (Fsp3) is 0.0556. The minimum absolute atomic E-state index is 0.791. The van der Waals surface area contributed by atoms with Crippen LogP contribution in [0.15, 0.2) is 67.4 Å². The third-order valence-electron chi connectivity index (χ3n) is 3.32. The second-order valence-electron chi connectivity index (χ2n) is 4.72. The largest absolute Gasteiger partial charge is 0.497 e. The molecule has 0 aliphatic rings. The summed E-state index contributed by atoms with van der Waals surface area (Å²) < 4.78 is 5.35. The van der Waals surface area contributed by atoms with E-state index in [2.05, 4.69) is 16.9 Å². The molecular weight excluding hydrogens is 260 g/mol. The van der Waals surface area contributed by atoms with Gasteiger partial charge in [-0.05, 0) is 17.7 Å². The smallest absolute Gasteiger partial charge is 0.121 e. The van der Waals surface area contributed by atoms with Crippen LogP contribution in [-0.2, 0) is 0 Å². The maximum atomic E-state index is 5.35. The first-order valence-corrected chi connectivity index (χ1v) is 6.72. The Labute approximate surface area is 123 Å². The molecule has 0 amide bonds. The Bertz CT molecular complexity index is 782. The molecule has 0 aliphatic carbocycles. The minimum atomic E-state index is 0.791. The highest BCUT2D eigenvalue weighted by Gasteiger charge is 2.07. The summed E-state index contributed by atoms with van der Waals surface area (Å²) in [5, 5.41) is 4.37. The standard InChI is InChI=1S/C18H16N2O/c1-13(14-7-4-3-5-8-14)20-17-12-16(21-2)11-15-9-6-10-19-18(15)17/h3-12,20H,1H2,2H3. The quantitative estimate of drug-likeness (QED) is 0.770. The number of nitrogens with one attached hydrogen (secondary N) is 1. The van der Waals surface area contributed by atoms with Gasteiger partial charge in [-0.15, -0.1) is 0 Å². The molecule has 104 valence electrons. The van der Waals surface area contributed by atoms with E-state index in [-0.39, 0.29) is 0 Å². The van der Waals surface area contributed by atoms with Gasteiger partial charge in [0.2, 0.25) is 0 Å². The van der Waals surface area contributed by atoms with Gasteiger partial charge in [0.25, 0.3) is 0 Å². The number of aromatic nitrogens is 1. The molecule has 1 aromatic heterocycles. The molecule has 3 rings (SSSR count). The molecule has 3 nitrogen and oxygen atoms in total. The van der Waals surface area contributed by atoms with Crippen molar-refractivity contribution in [3.8, 4) is 5.75 Å². The predicted molar refractivity (Wildman–Crippen MR) is 87.4 cm³/mol. The van der Waals surface area contributed by atoms with Gasteiger partial charge >= 0.3 is 0 Å². The van der Waals surface area contributed by atoms with Crippen molar-refractivity contribution in [3.63, 3.8) is 0 Å². The lowest BCUT2D eigenvalue weighted by molar-refractivity contribution is 0.415. The van der Waals surface area contributed by atoms with Crippen LogP contribution in [0.5, 0.6) is 5.75 Å². The molecule has 0 spiro atoms. The van der Waals surface area contributed by atoms with E-state index in [9.17, 15) is 0 Å². The average Bonchev–Trinajstić information content (AvgIpc) is 2.55. The summed E-state index contributed by atoms with van der Waals surface area (Å²) in [6, 6.07) is 17.8. The number of hydrogen-bond acceptors (Lipinski definition) is 3. The number of ether oxygens (including phenoxy) is 1. The van der Waals surface area contributed by atoms with Gasteiger partial charge in [-0.3, -0.25) is 4.98 Å². The van der Waals surface area contributed by atoms with Crippen LogP contribution in [0.2, 0.25) is 0 Å². The molecule has 0 atom stereocenters. The summed E-state index contributed by atoms with van der Waals surface area (Å²) in [5.74, 6) is 0.791. The fourth-order valence-corrected chi connectivity index (χ4v) is 2.25. The number of fused-ring (bicyclic) bond motifs is 1. The molecule has 3 heteroatoms. The van der Waals surface area contributed by atoms with Crippen molar-refractivity contribution in [2.45, 2.75) is 0 Å². The topological polar surface area (TPSA) is 34.1 Å². The lowest BCUT2D eigenvalue weighted by Crippen LogP contribution is -1.99. The van der Waals surface area contributed by atoms with Gasteiger partial charge in [0.05, 0.1) is 18.3 Å². The second kappa shape index (κ2) is 5.67. The van der Waals surface area contributed by atoms with Crippen LogP contribution in [0.4, 0.5) is 5.69 Å². The lowest BCUT2D eigenvalue weighted by atomic mass is 10.1. The fourth-order valence-electron chi connectivity index (χ4n) is 2.25. The minimum Gasteiger partial charge on any atom is -0.497 e. The summed E-state index contributed by atoms with van der Waals surface area (Å²) in [4.78, 5) is 4.44. The number of rotatable bonds is 4. The molecule has 2 aromatic carbocycles. The van der Waals surface area contributed by atoms with Gasteiger partial charge in [0.15, 0.2) is 0 Å². The zero-order chi connectivity index (χ0) is 14.7. The number of anilines is 1. The Kier molecular flexibility index (Phi) is 3.56. The van der Waals surface area contributed by atoms with Gasteiger partial charge < -0.3 is 10.1 Å². The van der Waals surface area contributed by atoms with Crippen molar-refractivity contribution in [2.75, 3.05) is 12.4 Å². The molecular formula is C18H16N2O. The molecule has 21 heavy (non-hydrogen) atoms. The Morgan fingerprint density at radius 3 is 2.67 bits per heavy atom. The van der Waals surface area contributed by atoms with E-state index in [0.717, 1.165) is 33.6 Å². The zero-order valence-electron chi connectivity index (χ0n) is 11.8. The third kappa shape index (κ3) is 2.72. The molecule has 1 heterocycles. The number of pyridine rings is 1. The Hall–Kier alpha value is -2.81. The lowest BCUT2D eigenvalue weighted by Gasteiger charge is -2.13. The molecule has 0 saturated carbocycles. The van der Waals surface area contributed by atoms with E-state index in [1.807, 2.05) is 54.6 Å². The van der Waals surface area contributed by atoms with Crippen molar-refractivity contribution in [1.29, 1.82) is 0 Å². The molecule has 0 bridgehead atoms. The predicted octanol–water partition coefficient (Wildman–Crippen LogP) is 4.33. The molecule has 0 unspecified atom stereocenters. The van der Waals surface area contributed by atoms with Crippen LogP contribution in [0.3, 0.4) is 0 Å². The first kappa shape index (κ1) is 13.2. The van der Waals surface area contributed by atoms with E-state index in [4.69, 9.17) is 4.74 Å². The van der Waals surface area contributed by atoms with Crippen LogP contribution in [0.1, 0.15) is 5.56 Å². The van der Waals surface area contributed by atoms with Gasteiger partial charge in [-0.1, -0.05) is 43.0 Å². The molecule has 0 radical (unpaired) electrons. The maximum absolute atomic E-state index is 5.35. The van der Waals surface area contributed by atoms with Crippen molar-refractivity contribution >= 4 is 22.3 Å². The van der Waals surface area contributed by atoms with Crippen molar-refractivity contribution < 1.29 is 4.74 Å². The van der Waals surface area contributed by atoms with E-state index < -0.39 is 0 Å². The number of methoxy groups -OCH3 is 1. The van der Waals surface area contributed by atoms with Gasteiger partial charge in [-0.2, -0.15) is 0 Å². The van der Waals surface area contributed by atoms with Crippen molar-refractivity contribution in [1.82, 2.24) is 4.98 Å². The highest BCUT2D eigenvalue weighted by atomic mass is 16.5. The van der Waals surface area contributed by atoms with Crippen LogP contribution in [0.25, 0.3) is 16.6 Å². The first-order valence-electron chi connectivity index (χ1n) is 6.72. The molecule has 0 saturated heterocycles. The Morgan fingerprint density at radius 1 is 1.10 bits per heavy atom. The summed E-state index contributed by atoms with van der Waals surface area (Å²) in [6.45, 7) is 4.10. The van der Waals surface area contributed by atoms with Gasteiger partial charge in [0, 0.05) is 23.3 Å². The van der Waals surface area contributed by atoms with Gasteiger partial charge in [0.1, 0.15) is 5.75 Å². The van der Waals surface area contributed by atoms with Crippen LogP contribution >= 0.6 is 0 Å². The van der Waals surface area contributed by atoms with Crippen LogP contribution in [-0.4, -0.2) is 12.1 Å². The summed E-state index contributed by atoms with van der Waals surface area (Å²) >= 11 is 0. The third-order valence-corrected chi connectivity index (χ3v) is 3.32. The number of hydrogen-bond donors (Lipinski definition) is 1. The van der Waals surface area contributed by atoms with Crippen molar-refractivity contribution in [2.24, 2.45) is 0 Å². The van der Waals surface area contributed by atoms with E-state index in [0.29, 0.717) is 0 Å². The maximum Gasteiger partial charge on any atom is 0.121 e. The first-order chi connectivity index (χ1) is 10.3. The molecule has 0 aliphatic heterocycles. The molecule has 1 N–H and O–H groups in total. The van der Waals surface area contributed by atoms with Crippen LogP contribution < -0.4 is 10.1 Å². The van der Waals surface area contributed by atoms with Crippen molar-refractivity contribution in [3.05, 3.63) is 72.9 Å². The SMILES string of the molecule is C=C(Nc1cc(OC)cc2cccnc12)c1ccccc1. The number of benzene rings is 2. The van der Waals surface area contributed by atoms with E-state index in [1.165, 1.54) is 0 Å². The normalized spacial score (nSPS) is 10.3.